The molecule has 0 saturated carbocycles. The Morgan fingerprint density at radius 2 is 1.51 bits per heavy atom. The first-order chi connectivity index (χ1) is 29.1. The summed E-state index contributed by atoms with van der Waals surface area (Å²) in [6, 6.07) is 20.3. The van der Waals surface area contributed by atoms with Crippen molar-refractivity contribution in [2.24, 2.45) is 0 Å². The summed E-state index contributed by atoms with van der Waals surface area (Å²) in [7, 11) is 2.99. The van der Waals surface area contributed by atoms with Gasteiger partial charge in [-0.15, -0.1) is 0 Å². The zero-order chi connectivity index (χ0) is 43.9. The van der Waals surface area contributed by atoms with Crippen molar-refractivity contribution in [3.8, 4) is 28.4 Å². The van der Waals surface area contributed by atoms with Crippen molar-refractivity contribution in [2.75, 3.05) is 27.4 Å². The van der Waals surface area contributed by atoms with Gasteiger partial charge in [0, 0.05) is 47.9 Å². The second-order valence-electron chi connectivity index (χ2n) is 15.7. The van der Waals surface area contributed by atoms with E-state index in [1.165, 1.54) is 54.5 Å². The number of carbonyl (C=O) groups excluding carboxylic acids is 5. The molecule has 4 aromatic rings. The summed E-state index contributed by atoms with van der Waals surface area (Å²) >= 11 is 0. The van der Waals surface area contributed by atoms with Gasteiger partial charge in [-0.25, -0.2) is 0 Å². The van der Waals surface area contributed by atoms with Crippen molar-refractivity contribution in [1.82, 2.24) is 5.32 Å². The number of ketones is 4. The number of hydrogen-bond donors (Lipinski definition) is 6. The maximum absolute atomic E-state index is 13.7. The van der Waals surface area contributed by atoms with Crippen LogP contribution in [0.4, 0.5) is 0 Å². The number of Topliss-reactive ketones (excluding diaryl/α,β-unsaturated/α-hetero) is 2. The largest absolute Gasteiger partial charge is 0.507 e. The molecule has 6 N–H and O–H groups in total. The Hall–Kier alpha value is -5.81. The quantitative estimate of drug-likeness (QED) is 0.0670. The lowest BCUT2D eigenvalue weighted by Crippen LogP contribution is -2.53. The summed E-state index contributed by atoms with van der Waals surface area (Å²) in [5.74, 6) is -4.27. The van der Waals surface area contributed by atoms with E-state index < -0.39 is 102 Å². The Bertz CT molecular complexity index is 2380. The van der Waals surface area contributed by atoms with Crippen LogP contribution in [0.5, 0.6) is 17.2 Å². The highest BCUT2D eigenvalue weighted by molar-refractivity contribution is 6.31. The van der Waals surface area contributed by atoms with Crippen LogP contribution in [0.3, 0.4) is 0 Å². The van der Waals surface area contributed by atoms with Crippen LogP contribution in [0.2, 0.25) is 0 Å². The molecule has 0 radical (unpaired) electrons. The molecule has 1 heterocycles. The lowest BCUT2D eigenvalue weighted by molar-refractivity contribution is -0.249. The zero-order valence-corrected chi connectivity index (χ0v) is 34.0. The second-order valence-corrected chi connectivity index (χ2v) is 15.7. The highest BCUT2D eigenvalue weighted by Gasteiger charge is 2.50. The number of aliphatic hydroxyl groups is 3. The normalized spacial score (nSPS) is 23.6. The van der Waals surface area contributed by atoms with E-state index in [0.29, 0.717) is 0 Å². The van der Waals surface area contributed by atoms with Crippen LogP contribution in [-0.4, -0.2) is 112 Å². The van der Waals surface area contributed by atoms with E-state index in [-0.39, 0.29) is 59.2 Å². The summed E-state index contributed by atoms with van der Waals surface area (Å²) < 4.78 is 22.5. The minimum atomic E-state index is -2.23. The molecular formula is C46H47NO14. The van der Waals surface area contributed by atoms with Crippen LogP contribution >= 0.6 is 0 Å². The van der Waals surface area contributed by atoms with E-state index in [9.17, 15) is 49.5 Å². The number of benzene rings is 4. The van der Waals surface area contributed by atoms with Gasteiger partial charge in [0.05, 0.1) is 42.1 Å². The molecule has 0 amide bonds. The van der Waals surface area contributed by atoms with Gasteiger partial charge in [-0.3, -0.25) is 24.0 Å². The van der Waals surface area contributed by atoms with Gasteiger partial charge in [-0.1, -0.05) is 60.7 Å². The topological polar surface area (TPSA) is 235 Å². The van der Waals surface area contributed by atoms with Gasteiger partial charge < -0.3 is 49.8 Å². The molecule has 0 bridgehead atoms. The number of likely N-dealkylation sites (N-methyl/N-ethyl adjacent to an activating group) is 1. The zero-order valence-electron chi connectivity index (χ0n) is 34.0. The summed E-state index contributed by atoms with van der Waals surface area (Å²) in [4.78, 5) is 62.4. The van der Waals surface area contributed by atoms with E-state index in [1.54, 1.807) is 14.0 Å². The predicted octanol–water partition coefficient (Wildman–Crippen LogP) is 3.58. The van der Waals surface area contributed by atoms with Crippen LogP contribution < -0.4 is 10.1 Å². The van der Waals surface area contributed by atoms with Crippen molar-refractivity contribution < 1.29 is 68.5 Å². The van der Waals surface area contributed by atoms with Crippen molar-refractivity contribution in [3.63, 3.8) is 0 Å². The van der Waals surface area contributed by atoms with Crippen molar-refractivity contribution in [3.05, 3.63) is 111 Å². The van der Waals surface area contributed by atoms with E-state index in [2.05, 4.69) is 29.6 Å². The number of methoxy groups -OCH3 is 1. The van der Waals surface area contributed by atoms with Gasteiger partial charge in [0.2, 0.25) is 5.78 Å². The molecule has 4 aromatic carbocycles. The number of carbonyl (C=O) groups is 5. The average Bonchev–Trinajstić information content (AvgIpc) is 3.57. The fourth-order valence-electron chi connectivity index (χ4n) is 8.87. The Morgan fingerprint density at radius 3 is 2.11 bits per heavy atom. The van der Waals surface area contributed by atoms with Crippen LogP contribution in [0.25, 0.3) is 11.1 Å². The molecule has 4 unspecified atom stereocenters. The van der Waals surface area contributed by atoms with Gasteiger partial charge in [0.25, 0.3) is 0 Å². The van der Waals surface area contributed by atoms with Gasteiger partial charge in [0.1, 0.15) is 48.3 Å². The first-order valence-electron chi connectivity index (χ1n) is 19.9. The Balaban J connectivity index is 0.000000224. The van der Waals surface area contributed by atoms with Crippen molar-refractivity contribution >= 4 is 29.1 Å². The fourth-order valence-corrected chi connectivity index (χ4v) is 8.87. The minimum Gasteiger partial charge on any atom is -0.507 e. The fraction of sp³-hybridized carbons (Fsp3) is 0.370. The van der Waals surface area contributed by atoms with Crippen molar-refractivity contribution in [2.45, 2.75) is 81.7 Å². The summed E-state index contributed by atoms with van der Waals surface area (Å²) in [6.45, 7) is 2.30. The molecular weight excluding hydrogens is 790 g/mol. The molecule has 320 valence electrons. The van der Waals surface area contributed by atoms with Gasteiger partial charge in [0.15, 0.2) is 17.9 Å². The second kappa shape index (κ2) is 17.3. The Kier molecular flexibility index (Phi) is 12.3. The number of hydrogen-bond acceptors (Lipinski definition) is 15. The Morgan fingerprint density at radius 1 is 0.885 bits per heavy atom. The third-order valence-electron chi connectivity index (χ3n) is 11.9. The molecule has 3 aliphatic carbocycles. The number of rotatable bonds is 10. The molecule has 15 heteroatoms. The van der Waals surface area contributed by atoms with E-state index in [0.717, 1.165) is 0 Å². The lowest BCUT2D eigenvalue weighted by Gasteiger charge is -2.42. The maximum atomic E-state index is 13.7. The van der Waals surface area contributed by atoms with E-state index >= 15 is 0 Å². The molecule has 1 fully saturated rings. The van der Waals surface area contributed by atoms with Crippen molar-refractivity contribution in [1.29, 1.82) is 0 Å². The standard InChI is InChI=1S/C28H31NO11.C18H16O3/c1-11-23(32)14(29-2)7-18(39-11)40-16-9-28(37,17(31)10-30)8-13-20(16)27(36)22-21(25(13)34)24(33)12-5-4-6-15(38-3)19(12)26(22)35;1-12(19)10-18(20)21-11-17-15-8-4-2-6-13(15)14-7-3-5-9-16(14)17/h4-6,11,14,16,18,23,29-30,32,34,36-37H,7-10H2,1-3H3;2-9,17H,10-11H2,1H3/t11?,14?,16-,18?,23?,28-;/m0./s1. The predicted molar refractivity (Wildman–Crippen MR) is 217 cm³/mol. The maximum Gasteiger partial charge on any atom is 0.313 e. The first kappa shape index (κ1) is 43.3. The molecule has 0 aromatic heterocycles. The van der Waals surface area contributed by atoms with Crippen LogP contribution in [0, 0.1) is 0 Å². The third kappa shape index (κ3) is 7.84. The molecule has 15 nitrogen and oxygen atoms in total. The van der Waals surface area contributed by atoms with Crippen LogP contribution in [0.15, 0.2) is 66.7 Å². The number of nitrogens with one attached hydrogen (secondary N) is 1. The summed E-state index contributed by atoms with van der Waals surface area (Å²) in [5, 5.41) is 57.1. The number of aliphatic hydroxyl groups excluding tert-OH is 2. The highest BCUT2D eigenvalue weighted by Crippen LogP contribution is 2.53. The summed E-state index contributed by atoms with van der Waals surface area (Å²) in [6.07, 6.45) is -4.82. The molecule has 6 atom stereocenters. The minimum absolute atomic E-state index is 0.0435. The molecule has 0 spiro atoms. The first-order valence-corrected chi connectivity index (χ1v) is 19.9. The molecule has 1 aliphatic heterocycles. The number of esters is 1. The number of aromatic hydroxyl groups is 2. The number of fused-ring (bicyclic) bond motifs is 6. The van der Waals surface area contributed by atoms with E-state index in [4.69, 9.17) is 18.9 Å². The summed E-state index contributed by atoms with van der Waals surface area (Å²) in [5.41, 5.74) is 1.22. The number of ether oxygens (including phenoxy) is 4. The monoisotopic (exact) mass is 837 g/mol. The molecule has 8 rings (SSSR count). The smallest absolute Gasteiger partial charge is 0.313 e. The van der Waals surface area contributed by atoms with E-state index in [1.807, 2.05) is 24.3 Å². The molecule has 4 aliphatic rings. The Labute approximate surface area is 350 Å². The van der Waals surface area contributed by atoms with Crippen LogP contribution in [-0.2, 0) is 35.0 Å². The lowest BCUT2D eigenvalue weighted by atomic mass is 9.72. The third-order valence-corrected chi connectivity index (χ3v) is 11.9. The number of phenolic OH excluding ortho intramolecular Hbond substituents is 2. The molecule has 1 saturated heterocycles. The average molecular weight is 838 g/mol. The highest BCUT2D eigenvalue weighted by atomic mass is 16.7. The van der Waals surface area contributed by atoms with Gasteiger partial charge in [-0.05, 0) is 49.2 Å². The van der Waals surface area contributed by atoms with Gasteiger partial charge in [-0.2, -0.15) is 0 Å². The molecule has 61 heavy (non-hydrogen) atoms. The van der Waals surface area contributed by atoms with Gasteiger partial charge >= 0.3 is 5.97 Å². The number of phenols is 2. The SMILES string of the molecule is CC(=O)CC(=O)OCC1c2ccccc2-c2ccccc21.CNC1CC(O[C@H]2C[C@](O)(C(=O)CO)Cc3c(O)c4c(c(O)c32)C(=O)c2c(OC)cccc2C4=O)OC(C)C1O. The van der Waals surface area contributed by atoms with Crippen LogP contribution in [0.1, 0.15) is 99.2 Å².